The van der Waals surface area contributed by atoms with Crippen LogP contribution in [0.25, 0.3) is 10.8 Å². The predicted molar refractivity (Wildman–Crippen MR) is 87.0 cm³/mol. The number of furan rings is 1. The average molecular weight is 319 g/mol. The molecule has 3 rings (SSSR count). The fraction of sp³-hybridized carbons (Fsp3) is 0.500. The van der Waals surface area contributed by atoms with Gasteiger partial charge in [0.1, 0.15) is 10.6 Å². The molecule has 3 N–H and O–H groups in total. The number of carbonyl (C=O) groups is 1. The summed E-state index contributed by atoms with van der Waals surface area (Å²) in [6.07, 6.45) is 4.15. The number of hydrogen-bond donors (Lipinski definition) is 2. The summed E-state index contributed by atoms with van der Waals surface area (Å²) < 4.78 is 5.59. The molecular weight excluding hydrogens is 298 g/mol. The summed E-state index contributed by atoms with van der Waals surface area (Å²) in [5, 5.41) is 3.88. The lowest BCUT2D eigenvalue weighted by molar-refractivity contribution is 0.0906. The van der Waals surface area contributed by atoms with Crippen LogP contribution in [0, 0.1) is 13.8 Å². The molecule has 1 saturated carbocycles. The molecule has 2 aromatic rings. The lowest BCUT2D eigenvalue weighted by Gasteiger charge is -2.28. The highest BCUT2D eigenvalue weighted by Crippen LogP contribution is 2.32. The number of hydrogen-bond acceptors (Lipinski definition) is 5. The van der Waals surface area contributed by atoms with Gasteiger partial charge >= 0.3 is 0 Å². The second-order valence-electron chi connectivity index (χ2n) is 5.99. The highest BCUT2D eigenvalue weighted by atomic mass is 32.1. The Morgan fingerprint density at radius 3 is 2.73 bits per heavy atom. The van der Waals surface area contributed by atoms with Gasteiger partial charge in [0, 0.05) is 6.54 Å². The van der Waals surface area contributed by atoms with Gasteiger partial charge in [0.25, 0.3) is 5.91 Å². The van der Waals surface area contributed by atoms with E-state index in [0.29, 0.717) is 17.2 Å². The first-order valence-electron chi connectivity index (χ1n) is 7.60. The van der Waals surface area contributed by atoms with Crippen molar-refractivity contribution in [2.75, 3.05) is 6.54 Å². The lowest BCUT2D eigenvalue weighted by atomic mass is 9.98. The zero-order chi connectivity index (χ0) is 15.7. The van der Waals surface area contributed by atoms with Gasteiger partial charge in [0.2, 0.25) is 0 Å². The number of nitrogens with one attached hydrogen (secondary N) is 1. The van der Waals surface area contributed by atoms with Crippen molar-refractivity contribution in [1.29, 1.82) is 0 Å². The van der Waals surface area contributed by atoms with Crippen molar-refractivity contribution in [2.45, 2.75) is 45.1 Å². The van der Waals surface area contributed by atoms with Crippen LogP contribution in [0.2, 0.25) is 0 Å². The summed E-state index contributed by atoms with van der Waals surface area (Å²) in [7, 11) is 0. The summed E-state index contributed by atoms with van der Waals surface area (Å²) >= 11 is 1.37. The minimum atomic E-state index is -0.241. The molecule has 5 nitrogen and oxygen atoms in total. The maximum absolute atomic E-state index is 12.6. The molecule has 0 radical (unpaired) electrons. The standard InChI is InChI=1S/C16H21N3O2S/c1-10-5-6-12(21-10)15-18-11(2)13(22-15)14(20)19-16(9-17)7-3-4-8-16/h5-6H,3-4,7-9,17H2,1-2H3,(H,19,20). The van der Waals surface area contributed by atoms with Crippen LogP contribution in [0.3, 0.4) is 0 Å². The fourth-order valence-electron chi connectivity index (χ4n) is 2.99. The zero-order valence-corrected chi connectivity index (χ0v) is 13.8. The summed E-state index contributed by atoms with van der Waals surface area (Å²) in [6.45, 7) is 4.23. The van der Waals surface area contributed by atoms with Gasteiger partial charge in [0.15, 0.2) is 10.8 Å². The van der Waals surface area contributed by atoms with Crippen molar-refractivity contribution in [1.82, 2.24) is 10.3 Å². The molecule has 0 saturated heterocycles. The summed E-state index contributed by atoms with van der Waals surface area (Å²) in [4.78, 5) is 17.7. The van der Waals surface area contributed by atoms with Crippen LogP contribution in [-0.4, -0.2) is 23.0 Å². The molecule has 2 aromatic heterocycles. The largest absolute Gasteiger partial charge is 0.459 e. The van der Waals surface area contributed by atoms with Crippen molar-refractivity contribution in [3.63, 3.8) is 0 Å². The molecule has 0 aliphatic heterocycles. The third kappa shape index (κ3) is 2.80. The molecule has 0 unspecified atom stereocenters. The van der Waals surface area contributed by atoms with Crippen molar-refractivity contribution < 1.29 is 9.21 Å². The van der Waals surface area contributed by atoms with Gasteiger partial charge in [-0.1, -0.05) is 12.8 Å². The number of carbonyl (C=O) groups excluding carboxylic acids is 1. The van der Waals surface area contributed by atoms with Gasteiger partial charge in [-0.3, -0.25) is 4.79 Å². The summed E-state index contributed by atoms with van der Waals surface area (Å²) in [5.74, 6) is 1.47. The van der Waals surface area contributed by atoms with Crippen LogP contribution in [0.15, 0.2) is 16.5 Å². The van der Waals surface area contributed by atoms with Crippen LogP contribution in [0.5, 0.6) is 0 Å². The Hall–Kier alpha value is -1.66. The first-order chi connectivity index (χ1) is 10.5. The third-order valence-electron chi connectivity index (χ3n) is 4.28. The minimum Gasteiger partial charge on any atom is -0.459 e. The number of aryl methyl sites for hydroxylation is 2. The monoisotopic (exact) mass is 319 g/mol. The van der Waals surface area contributed by atoms with E-state index in [-0.39, 0.29) is 11.4 Å². The first kappa shape index (κ1) is 15.2. The molecule has 1 amide bonds. The van der Waals surface area contributed by atoms with E-state index in [1.165, 1.54) is 11.3 Å². The summed E-state index contributed by atoms with van der Waals surface area (Å²) in [6, 6.07) is 3.78. The fourth-order valence-corrected chi connectivity index (χ4v) is 3.91. The van der Waals surface area contributed by atoms with Crippen molar-refractivity contribution >= 4 is 17.2 Å². The zero-order valence-electron chi connectivity index (χ0n) is 12.9. The van der Waals surface area contributed by atoms with Crippen LogP contribution in [-0.2, 0) is 0 Å². The second kappa shape index (κ2) is 5.85. The molecule has 1 aliphatic rings. The van der Waals surface area contributed by atoms with Crippen LogP contribution in [0.4, 0.5) is 0 Å². The lowest BCUT2D eigenvalue weighted by Crippen LogP contribution is -2.51. The Balaban J connectivity index is 1.82. The molecule has 0 spiro atoms. The highest BCUT2D eigenvalue weighted by Gasteiger charge is 2.35. The van der Waals surface area contributed by atoms with Crippen LogP contribution in [0.1, 0.15) is 46.8 Å². The number of nitrogens with two attached hydrogens (primary N) is 1. The molecule has 0 aromatic carbocycles. The van der Waals surface area contributed by atoms with E-state index in [4.69, 9.17) is 10.2 Å². The third-order valence-corrected chi connectivity index (χ3v) is 5.45. The van der Waals surface area contributed by atoms with Gasteiger partial charge in [0.05, 0.1) is 11.2 Å². The van der Waals surface area contributed by atoms with Crippen LogP contribution >= 0.6 is 11.3 Å². The Morgan fingerprint density at radius 2 is 2.14 bits per heavy atom. The van der Waals surface area contributed by atoms with E-state index in [1.807, 2.05) is 26.0 Å². The van der Waals surface area contributed by atoms with E-state index in [2.05, 4.69) is 10.3 Å². The highest BCUT2D eigenvalue weighted by molar-refractivity contribution is 7.17. The minimum absolute atomic E-state index is 0.0723. The molecule has 0 bridgehead atoms. The first-order valence-corrected chi connectivity index (χ1v) is 8.41. The van der Waals surface area contributed by atoms with E-state index >= 15 is 0 Å². The average Bonchev–Trinajstić information content (AvgIpc) is 3.19. The predicted octanol–water partition coefficient (Wildman–Crippen LogP) is 3.02. The Labute approximate surface area is 133 Å². The Morgan fingerprint density at radius 1 is 1.41 bits per heavy atom. The van der Waals surface area contributed by atoms with Crippen LogP contribution < -0.4 is 11.1 Å². The van der Waals surface area contributed by atoms with Crippen molar-refractivity contribution in [2.24, 2.45) is 5.73 Å². The Kier molecular flexibility index (Phi) is 4.06. The second-order valence-corrected chi connectivity index (χ2v) is 6.99. The number of nitrogens with zero attached hydrogens (tertiary/aromatic N) is 1. The topological polar surface area (TPSA) is 81.2 Å². The SMILES string of the molecule is Cc1ccc(-c2nc(C)c(C(=O)NC3(CN)CCCC3)s2)o1. The quantitative estimate of drug-likeness (QED) is 0.907. The van der Waals surface area contributed by atoms with E-state index in [0.717, 1.165) is 42.1 Å². The molecular formula is C16H21N3O2S. The van der Waals surface area contributed by atoms with Gasteiger partial charge in [-0.05, 0) is 38.8 Å². The van der Waals surface area contributed by atoms with Crippen molar-refractivity contribution in [3.05, 3.63) is 28.5 Å². The normalized spacial score (nSPS) is 16.9. The molecule has 0 atom stereocenters. The van der Waals surface area contributed by atoms with E-state index in [9.17, 15) is 4.79 Å². The molecule has 6 heteroatoms. The molecule has 1 aliphatic carbocycles. The number of aromatic nitrogens is 1. The molecule has 118 valence electrons. The van der Waals surface area contributed by atoms with Gasteiger partial charge in [-0.15, -0.1) is 11.3 Å². The number of rotatable bonds is 4. The van der Waals surface area contributed by atoms with E-state index < -0.39 is 0 Å². The van der Waals surface area contributed by atoms with Crippen molar-refractivity contribution in [3.8, 4) is 10.8 Å². The smallest absolute Gasteiger partial charge is 0.263 e. The molecule has 2 heterocycles. The number of thiazole rings is 1. The Bertz CT molecular complexity index is 683. The maximum Gasteiger partial charge on any atom is 0.263 e. The summed E-state index contributed by atoms with van der Waals surface area (Å²) in [5.41, 5.74) is 6.38. The van der Waals surface area contributed by atoms with Gasteiger partial charge in [-0.2, -0.15) is 0 Å². The van der Waals surface area contributed by atoms with Gasteiger partial charge < -0.3 is 15.5 Å². The number of amides is 1. The molecule has 22 heavy (non-hydrogen) atoms. The van der Waals surface area contributed by atoms with E-state index in [1.54, 1.807) is 0 Å². The maximum atomic E-state index is 12.6. The van der Waals surface area contributed by atoms with Gasteiger partial charge in [-0.25, -0.2) is 4.98 Å². The molecule has 1 fully saturated rings.